The van der Waals surface area contributed by atoms with E-state index in [1.807, 2.05) is 229 Å². The third-order valence-electron chi connectivity index (χ3n) is 23.1. The van der Waals surface area contributed by atoms with Crippen molar-refractivity contribution in [2.75, 3.05) is 91.1 Å². The molecule has 2 saturated heterocycles. The van der Waals surface area contributed by atoms with Crippen molar-refractivity contribution >= 4 is 105 Å². The molecule has 0 radical (unpaired) electrons. The Balaban J connectivity index is 0.000000209. The van der Waals surface area contributed by atoms with E-state index in [4.69, 9.17) is 23.8 Å². The van der Waals surface area contributed by atoms with Gasteiger partial charge in [0, 0.05) is 95.9 Å². The number of morpholine rings is 1. The van der Waals surface area contributed by atoms with Gasteiger partial charge in [-0.1, -0.05) is 338 Å². The molecule has 2 heterocycles. The van der Waals surface area contributed by atoms with Gasteiger partial charge in [0.2, 0.25) is 11.6 Å². The molecule has 1 unspecified atom stereocenters. The van der Waals surface area contributed by atoms with Gasteiger partial charge >= 0.3 is 17.9 Å². The summed E-state index contributed by atoms with van der Waals surface area (Å²) in [6, 6.07) is 105. The zero-order valence-electron chi connectivity index (χ0n) is 83.1. The SMILES string of the molecule is CC(=O)C(=O)c1ccccc1.CC(C)(C)C(=O)c1ccccc1.CCC(Cc1ccccc1)(C(=O)c1ccc(N2CCOCC2)cc1)N(C)C.CCCCCC/C(=N\OC(=O)c1ccccc1)C(=O)c1ccc(Sc2ccccc2)cc1.CSc1ccc(C(=O)C(C)(C)N2CCCCC2)cc1.O=C(OCCOCCOC(=O)C(=O)c1ccccc1)C(=O)c1ccccc1.O=C(c1ccccc1)c1ccccc1. The van der Waals surface area contributed by atoms with Crippen LogP contribution in [0, 0.1) is 5.41 Å². The molecule has 12 aromatic rings. The van der Waals surface area contributed by atoms with Gasteiger partial charge in [-0.25, -0.2) is 14.4 Å². The summed E-state index contributed by atoms with van der Waals surface area (Å²) in [6.07, 6.45) is 11.7. The molecule has 142 heavy (non-hydrogen) atoms. The predicted octanol–water partition coefficient (Wildman–Crippen LogP) is 23.9. The normalized spacial score (nSPS) is 12.6. The molecule has 12 aromatic carbocycles. The first-order valence-electron chi connectivity index (χ1n) is 47.8. The van der Waals surface area contributed by atoms with Gasteiger partial charge in [0.25, 0.3) is 11.6 Å². The largest absolute Gasteiger partial charge is 0.457 e. The second-order valence-corrected chi connectivity index (χ2v) is 37.0. The molecule has 14 rings (SSSR count). The topological polar surface area (TPSA) is 273 Å². The average molecular weight is 1950 g/mol. The molecule has 0 spiro atoms. The number of ether oxygens (including phenoxy) is 4. The summed E-state index contributed by atoms with van der Waals surface area (Å²) < 4.78 is 20.2. The zero-order valence-corrected chi connectivity index (χ0v) is 84.7. The second-order valence-electron chi connectivity index (χ2n) is 35.0. The zero-order chi connectivity index (χ0) is 103. The van der Waals surface area contributed by atoms with Crippen LogP contribution in [0.1, 0.15) is 218 Å². The lowest BCUT2D eigenvalue weighted by atomic mass is 9.80. The monoisotopic (exact) mass is 1950 g/mol. The fourth-order valence-corrected chi connectivity index (χ4v) is 16.1. The third-order valence-corrected chi connectivity index (χ3v) is 24.9. The van der Waals surface area contributed by atoms with E-state index in [1.165, 1.54) is 60.9 Å². The number of unbranched alkanes of at least 4 members (excludes halogenated alkanes) is 3. The van der Waals surface area contributed by atoms with E-state index in [9.17, 15) is 57.5 Å². The van der Waals surface area contributed by atoms with E-state index in [1.54, 1.807) is 127 Å². The number of likely N-dealkylation sites (tertiary alicyclic amines) is 1. The van der Waals surface area contributed by atoms with Crippen LogP contribution < -0.4 is 4.90 Å². The highest BCUT2D eigenvalue weighted by Gasteiger charge is 2.40. The van der Waals surface area contributed by atoms with Gasteiger partial charge in [-0.3, -0.25) is 53.0 Å². The number of anilines is 1. The van der Waals surface area contributed by atoms with Gasteiger partial charge in [-0.2, -0.15) is 0 Å². The first kappa shape index (κ1) is 113. The lowest BCUT2D eigenvalue weighted by Gasteiger charge is -2.39. The number of esters is 2. The number of benzene rings is 12. The van der Waals surface area contributed by atoms with Crippen molar-refractivity contribution in [1.82, 2.24) is 9.80 Å². The standard InChI is InChI=1S/C27H27NO3S.C23H30N2O2.C20H18O7.C16H23NOS.C13H10O.C11H14O.C9H8O2/c1-2-3-4-11-16-25(28-31-27(30)22-12-7-5-8-13-22)26(29)21-17-19-24(20-18-21)32-23-14-9-6-10-15-23;1-4-23(24(2)3,18-19-8-6-5-7-9-19)22(26)20-10-12-21(13-11-20)25-14-16-27-17-15-25;21-17(15-7-3-1-4-8-15)19(23)26-13-11-25-12-14-27-20(24)18(22)16-9-5-2-6-10-16;1-16(2,17-11-5-4-6-12-17)15(18)13-7-9-14(19-3)10-8-13;14-13(11-7-3-1-4-8-11)12-9-5-2-6-10-12;1-11(2,3)10(12)9-7-5-4-6-8-9;1-7(10)9(11)8-5-3-2-4-6-8/h5-10,12-15,17-20H,2-4,11,16H2,1H3;5-13H,4,14-18H2,1-3H3;1-10H,11-14H2;7-10H,4-6,11-12H2,1-3H3;1-10H;4-8H,1-3H3;2-6H,1H3/b28-25+;;;;;;. The number of piperidine rings is 1. The molecule has 2 aliphatic heterocycles. The van der Waals surface area contributed by atoms with E-state index in [2.05, 4.69) is 78.1 Å². The van der Waals surface area contributed by atoms with Crippen molar-refractivity contribution in [3.63, 3.8) is 0 Å². The molecule has 740 valence electrons. The van der Waals surface area contributed by atoms with Crippen molar-refractivity contribution in [1.29, 1.82) is 0 Å². The summed E-state index contributed by atoms with van der Waals surface area (Å²) in [7, 11) is 4.01. The molecule has 0 aromatic heterocycles. The van der Waals surface area contributed by atoms with E-state index < -0.39 is 46.6 Å². The Morgan fingerprint density at radius 3 is 1.20 bits per heavy atom. The minimum Gasteiger partial charge on any atom is -0.457 e. The van der Waals surface area contributed by atoms with E-state index in [-0.39, 0.29) is 83.1 Å². The number of ketones is 9. The highest BCUT2D eigenvalue weighted by atomic mass is 32.2. The Labute approximate surface area is 844 Å². The lowest BCUT2D eigenvalue weighted by Crippen LogP contribution is -2.52. The average Bonchev–Trinajstić information content (AvgIpc) is 0.788. The molecule has 2 aliphatic rings. The van der Waals surface area contributed by atoms with E-state index in [0.717, 1.165) is 115 Å². The number of Topliss-reactive ketones (excluding diaryl/α,β-unsaturated/α-hetero) is 8. The summed E-state index contributed by atoms with van der Waals surface area (Å²) >= 11 is 3.34. The Morgan fingerprint density at radius 2 is 0.768 bits per heavy atom. The van der Waals surface area contributed by atoms with Crippen LogP contribution in [-0.2, 0) is 44.6 Å². The summed E-state index contributed by atoms with van der Waals surface area (Å²) in [5.41, 5.74) is 7.17. The molecule has 0 bridgehead atoms. The van der Waals surface area contributed by atoms with Gasteiger partial charge in [0.05, 0.1) is 43.1 Å². The first-order valence-corrected chi connectivity index (χ1v) is 49.8. The second kappa shape index (κ2) is 60.9. The van der Waals surface area contributed by atoms with Gasteiger partial charge < -0.3 is 28.7 Å². The molecular formula is C119H130N4O17S2. The minimum atomic E-state index is -0.968. The quantitative estimate of drug-likeness (QED) is 0.00511. The van der Waals surface area contributed by atoms with Crippen LogP contribution in [-0.4, -0.2) is 183 Å². The van der Waals surface area contributed by atoms with Crippen LogP contribution in [0.3, 0.4) is 0 Å². The van der Waals surface area contributed by atoms with Crippen LogP contribution in [0.25, 0.3) is 0 Å². The van der Waals surface area contributed by atoms with Crippen LogP contribution in [0.15, 0.2) is 366 Å². The summed E-state index contributed by atoms with van der Waals surface area (Å²) in [4.78, 5) is 159. The maximum Gasteiger partial charge on any atom is 0.379 e. The number of nitrogens with zero attached hydrogens (tertiary/aromatic N) is 4. The maximum absolute atomic E-state index is 13.6. The number of thioether (sulfide) groups is 1. The van der Waals surface area contributed by atoms with Crippen molar-refractivity contribution < 1.29 is 81.3 Å². The van der Waals surface area contributed by atoms with Gasteiger partial charge in [-0.15, -0.1) is 11.8 Å². The predicted molar refractivity (Wildman–Crippen MR) is 564 cm³/mol. The van der Waals surface area contributed by atoms with Crippen molar-refractivity contribution in [3.8, 4) is 0 Å². The lowest BCUT2D eigenvalue weighted by molar-refractivity contribution is -0.141. The van der Waals surface area contributed by atoms with Gasteiger partial charge in [0.15, 0.2) is 28.9 Å². The minimum absolute atomic E-state index is 0.0258. The molecule has 0 N–H and O–H groups in total. The third kappa shape index (κ3) is 37.6. The number of hydrogen-bond donors (Lipinski definition) is 0. The number of likely N-dealkylation sites (N-methyl/N-ethyl adjacent to an activating group) is 1. The van der Waals surface area contributed by atoms with E-state index in [0.29, 0.717) is 29.5 Å². The molecular weight excluding hydrogens is 1820 g/mol. The number of oxime groups is 1. The van der Waals surface area contributed by atoms with E-state index >= 15 is 0 Å². The van der Waals surface area contributed by atoms with Gasteiger partial charge in [0.1, 0.15) is 18.9 Å². The molecule has 0 amide bonds. The van der Waals surface area contributed by atoms with Crippen molar-refractivity contribution in [2.45, 2.75) is 145 Å². The summed E-state index contributed by atoms with van der Waals surface area (Å²) in [5, 5.41) is 3.98. The Bertz CT molecular complexity index is 5840. The first-order chi connectivity index (χ1) is 68.5. The Hall–Kier alpha value is -13.9. The maximum atomic E-state index is 13.6. The number of hydrogen-bond acceptors (Lipinski definition) is 23. The number of carbonyl (C=O) groups is 12. The molecule has 21 nitrogen and oxygen atoms in total. The molecule has 1 atom stereocenters. The van der Waals surface area contributed by atoms with Crippen LogP contribution >= 0.6 is 23.5 Å². The van der Waals surface area contributed by atoms with Gasteiger partial charge in [-0.05, 0) is 176 Å². The molecule has 0 aliphatic carbocycles. The number of rotatable bonds is 37. The van der Waals surface area contributed by atoms with Crippen LogP contribution in [0.2, 0.25) is 0 Å². The van der Waals surface area contributed by atoms with Crippen LogP contribution in [0.5, 0.6) is 0 Å². The fraction of sp³-hybridized carbons (Fsp3) is 0.286. The molecule has 2 fully saturated rings. The van der Waals surface area contributed by atoms with Crippen molar-refractivity contribution in [2.24, 2.45) is 10.6 Å². The summed E-state index contributed by atoms with van der Waals surface area (Å²) in [6.45, 7) is 20.7. The Morgan fingerprint density at radius 1 is 0.387 bits per heavy atom. The molecule has 23 heteroatoms. The van der Waals surface area contributed by atoms with Crippen molar-refractivity contribution in [3.05, 3.63) is 407 Å². The molecule has 0 saturated carbocycles. The Kier molecular flexibility index (Phi) is 48.7. The smallest absolute Gasteiger partial charge is 0.379 e. The summed E-state index contributed by atoms with van der Waals surface area (Å²) in [5.74, 6) is -4.33. The van der Waals surface area contributed by atoms with Crippen LogP contribution in [0.4, 0.5) is 5.69 Å². The fourth-order valence-electron chi connectivity index (χ4n) is 14.9. The highest BCUT2D eigenvalue weighted by Crippen LogP contribution is 2.32. The highest BCUT2D eigenvalue weighted by molar-refractivity contribution is 7.99. The number of carbonyl (C=O) groups excluding carboxylic acids is 12.